The second kappa shape index (κ2) is 14.4. The number of likely N-dealkylation sites (tertiary alicyclic amines) is 1. The lowest BCUT2D eigenvalue weighted by Crippen LogP contribution is -2.49. The highest BCUT2D eigenvalue weighted by atomic mass is 16.3. The molecule has 1 aromatic rings. The summed E-state index contributed by atoms with van der Waals surface area (Å²) in [6, 6.07) is 10.8. The molecule has 1 saturated carbocycles. The topological polar surface area (TPSA) is 101 Å². The first kappa shape index (κ1) is 27.5. The van der Waals surface area contributed by atoms with Crippen molar-refractivity contribution in [1.29, 1.82) is 0 Å². The molecule has 3 aliphatic rings. The predicted octanol–water partition coefficient (Wildman–Crippen LogP) is 2.51. The Kier molecular flexibility index (Phi) is 10.7. The zero-order valence-electron chi connectivity index (χ0n) is 22.5. The normalized spacial score (nSPS) is 23.2. The molecule has 1 saturated heterocycles. The zero-order chi connectivity index (χ0) is 25.9. The van der Waals surface area contributed by atoms with Crippen LogP contribution in [-0.2, 0) is 11.2 Å². The van der Waals surface area contributed by atoms with Crippen LogP contribution in [0.4, 0.5) is 0 Å². The summed E-state index contributed by atoms with van der Waals surface area (Å²) in [6.07, 6.45) is 8.81. The van der Waals surface area contributed by atoms with Crippen molar-refractivity contribution < 1.29 is 9.90 Å². The molecule has 204 valence electrons. The smallest absolute Gasteiger partial charge is 0.252 e. The number of amides is 1. The molecule has 0 bridgehead atoms. The summed E-state index contributed by atoms with van der Waals surface area (Å²) in [7, 11) is 0. The lowest BCUT2D eigenvalue weighted by atomic mass is 9.87. The van der Waals surface area contributed by atoms with Crippen molar-refractivity contribution in [3.63, 3.8) is 0 Å². The molecule has 8 heteroatoms. The Morgan fingerprint density at radius 1 is 1.08 bits per heavy atom. The van der Waals surface area contributed by atoms with Crippen molar-refractivity contribution in [2.24, 2.45) is 10.9 Å². The molecule has 2 heterocycles. The average Bonchev–Trinajstić information content (AvgIpc) is 2.93. The van der Waals surface area contributed by atoms with Crippen molar-refractivity contribution in [3.8, 4) is 0 Å². The number of guanidine groups is 1. The molecule has 0 atom stereocenters. The highest BCUT2D eigenvalue weighted by Gasteiger charge is 2.26. The lowest BCUT2D eigenvalue weighted by molar-refractivity contribution is -0.118. The fourth-order valence-electron chi connectivity index (χ4n) is 5.39. The van der Waals surface area contributed by atoms with Gasteiger partial charge < -0.3 is 31.3 Å². The minimum Gasteiger partial charge on any atom is -0.393 e. The van der Waals surface area contributed by atoms with Gasteiger partial charge in [-0.2, -0.15) is 0 Å². The number of rotatable bonds is 11. The number of nitrogens with one attached hydrogen (secondary N) is 4. The van der Waals surface area contributed by atoms with Crippen molar-refractivity contribution >= 4 is 11.9 Å². The summed E-state index contributed by atoms with van der Waals surface area (Å²) in [6.45, 7) is 7.29. The summed E-state index contributed by atoms with van der Waals surface area (Å²) in [5.74, 6) is 2.00. The highest BCUT2D eigenvalue weighted by molar-refractivity contribution is 5.97. The summed E-state index contributed by atoms with van der Waals surface area (Å²) in [5.41, 5.74) is 2.06. The number of benzene rings is 1. The maximum absolute atomic E-state index is 13.3. The SMILES string of the molecule is CCCCNC1=NCC(C(=O)NC2CCN(CCc3ccccc3)CC2)=C(NCC2CCC(O)CC2)N1. The van der Waals surface area contributed by atoms with Gasteiger partial charge in [-0.1, -0.05) is 43.7 Å². The van der Waals surface area contributed by atoms with Crippen LogP contribution in [0.5, 0.6) is 0 Å². The molecule has 2 aliphatic heterocycles. The first-order valence-electron chi connectivity index (χ1n) is 14.4. The molecule has 0 radical (unpaired) electrons. The third kappa shape index (κ3) is 8.75. The number of carbonyl (C=O) groups excluding carboxylic acids is 1. The average molecular weight is 511 g/mol. The molecular weight excluding hydrogens is 464 g/mol. The number of carbonyl (C=O) groups is 1. The molecular formula is C29H46N6O2. The monoisotopic (exact) mass is 510 g/mol. The standard InChI is InChI=1S/C29H46N6O2/c1-2-3-16-30-29-32-21-26(27(34-29)31-20-23-9-11-25(36)12-10-23)28(37)33-24-14-18-35(19-15-24)17-13-22-7-5-4-6-8-22/h4-8,23-25,31,36H,2-3,9-21H2,1H3,(H,33,37)(H2,30,32,34). The van der Waals surface area contributed by atoms with Crippen LogP contribution in [0.2, 0.25) is 0 Å². The number of aliphatic imine (C=N–C) groups is 1. The number of aliphatic hydroxyl groups is 1. The molecule has 0 unspecified atom stereocenters. The van der Waals surface area contributed by atoms with Gasteiger partial charge in [0, 0.05) is 38.8 Å². The van der Waals surface area contributed by atoms with Gasteiger partial charge in [0.2, 0.25) is 0 Å². The number of aliphatic hydroxyl groups excluding tert-OH is 1. The van der Waals surface area contributed by atoms with E-state index in [1.165, 1.54) is 5.56 Å². The molecule has 5 N–H and O–H groups in total. The van der Waals surface area contributed by atoms with E-state index in [1.807, 2.05) is 0 Å². The predicted molar refractivity (Wildman–Crippen MR) is 149 cm³/mol. The van der Waals surface area contributed by atoms with Crippen molar-refractivity contribution in [2.45, 2.75) is 76.9 Å². The van der Waals surface area contributed by atoms with Crippen LogP contribution in [0.1, 0.15) is 63.9 Å². The first-order chi connectivity index (χ1) is 18.1. The maximum atomic E-state index is 13.3. The van der Waals surface area contributed by atoms with Gasteiger partial charge in [-0.25, -0.2) is 4.99 Å². The third-order valence-corrected chi connectivity index (χ3v) is 7.90. The minimum absolute atomic E-state index is 0.0202. The largest absolute Gasteiger partial charge is 0.393 e. The molecule has 0 aromatic heterocycles. The van der Waals surface area contributed by atoms with Crippen molar-refractivity contribution in [2.75, 3.05) is 39.3 Å². The molecule has 8 nitrogen and oxygen atoms in total. The van der Waals surface area contributed by atoms with Gasteiger partial charge in [0.1, 0.15) is 5.82 Å². The van der Waals surface area contributed by atoms with E-state index in [2.05, 4.69) is 68.4 Å². The van der Waals surface area contributed by atoms with Gasteiger partial charge in [-0.15, -0.1) is 0 Å². The van der Waals surface area contributed by atoms with Gasteiger partial charge in [0.05, 0.1) is 18.2 Å². The Morgan fingerprint density at radius 3 is 2.57 bits per heavy atom. The van der Waals surface area contributed by atoms with Crippen LogP contribution in [0, 0.1) is 5.92 Å². The van der Waals surface area contributed by atoms with E-state index in [1.54, 1.807) is 0 Å². The molecule has 2 fully saturated rings. The number of piperidine rings is 1. The highest BCUT2D eigenvalue weighted by Crippen LogP contribution is 2.24. The maximum Gasteiger partial charge on any atom is 0.252 e. The van der Waals surface area contributed by atoms with E-state index in [0.29, 0.717) is 18.0 Å². The van der Waals surface area contributed by atoms with Crippen molar-refractivity contribution in [1.82, 2.24) is 26.2 Å². The summed E-state index contributed by atoms with van der Waals surface area (Å²) >= 11 is 0. The van der Waals surface area contributed by atoms with Crippen LogP contribution in [0.3, 0.4) is 0 Å². The molecule has 4 rings (SSSR count). The Labute approximate surface area is 222 Å². The van der Waals surface area contributed by atoms with E-state index in [0.717, 1.165) is 102 Å². The minimum atomic E-state index is -0.157. The lowest BCUT2D eigenvalue weighted by Gasteiger charge is -2.33. The molecule has 1 amide bonds. The van der Waals surface area contributed by atoms with Crippen LogP contribution >= 0.6 is 0 Å². The molecule has 1 aromatic carbocycles. The Balaban J connectivity index is 1.28. The van der Waals surface area contributed by atoms with Crippen LogP contribution in [0.15, 0.2) is 46.7 Å². The third-order valence-electron chi connectivity index (χ3n) is 7.90. The second-order valence-corrected chi connectivity index (χ2v) is 10.8. The summed E-state index contributed by atoms with van der Waals surface area (Å²) in [4.78, 5) is 20.5. The number of hydrogen-bond donors (Lipinski definition) is 5. The van der Waals surface area contributed by atoms with Gasteiger partial charge in [-0.05, 0) is 62.8 Å². The van der Waals surface area contributed by atoms with E-state index in [4.69, 9.17) is 0 Å². The van der Waals surface area contributed by atoms with Gasteiger partial charge in [-0.3, -0.25) is 4.79 Å². The number of hydrogen-bond acceptors (Lipinski definition) is 7. The Bertz CT molecular complexity index is 902. The molecule has 37 heavy (non-hydrogen) atoms. The summed E-state index contributed by atoms with van der Waals surface area (Å²) in [5, 5.41) is 23.4. The van der Waals surface area contributed by atoms with E-state index < -0.39 is 0 Å². The first-order valence-corrected chi connectivity index (χ1v) is 14.4. The zero-order valence-corrected chi connectivity index (χ0v) is 22.5. The van der Waals surface area contributed by atoms with Crippen molar-refractivity contribution in [3.05, 3.63) is 47.3 Å². The number of unbranched alkanes of at least 4 members (excludes halogenated alkanes) is 1. The van der Waals surface area contributed by atoms with E-state index >= 15 is 0 Å². The van der Waals surface area contributed by atoms with Crippen LogP contribution in [0.25, 0.3) is 0 Å². The Hall–Kier alpha value is -2.58. The quantitative estimate of drug-likeness (QED) is 0.293. The summed E-state index contributed by atoms with van der Waals surface area (Å²) < 4.78 is 0. The fraction of sp³-hybridized carbons (Fsp3) is 0.655. The second-order valence-electron chi connectivity index (χ2n) is 10.8. The number of nitrogens with zero attached hydrogens (tertiary/aromatic N) is 2. The van der Waals surface area contributed by atoms with E-state index in [-0.39, 0.29) is 18.1 Å². The van der Waals surface area contributed by atoms with Gasteiger partial charge in [0.15, 0.2) is 5.96 Å². The Morgan fingerprint density at radius 2 is 1.84 bits per heavy atom. The fourth-order valence-corrected chi connectivity index (χ4v) is 5.39. The van der Waals surface area contributed by atoms with Gasteiger partial charge in [0.25, 0.3) is 5.91 Å². The van der Waals surface area contributed by atoms with E-state index in [9.17, 15) is 9.90 Å². The molecule has 1 aliphatic carbocycles. The van der Waals surface area contributed by atoms with Crippen LogP contribution in [-0.4, -0.2) is 73.3 Å². The molecule has 0 spiro atoms. The van der Waals surface area contributed by atoms with Gasteiger partial charge >= 0.3 is 0 Å². The van der Waals surface area contributed by atoms with Crippen LogP contribution < -0.4 is 21.3 Å².